The summed E-state index contributed by atoms with van der Waals surface area (Å²) in [6.45, 7) is 0. The highest BCUT2D eigenvalue weighted by atomic mass is 19.1. The standard InChI is InChI=1S/C24H18F2N2O4/c1-31-17-11-16(12-18(13-17)32-2)27-22-21(14-7-9-15(25)10-8-14)23(29)28(24(22)30)20-6-4-3-5-19(20)26/h3-13,27H,1-2H3. The molecule has 162 valence electrons. The Labute approximate surface area is 182 Å². The number of ether oxygens (including phenoxy) is 2. The number of carbonyl (C=O) groups is 2. The molecular weight excluding hydrogens is 418 g/mol. The molecule has 3 aromatic rings. The van der Waals surface area contributed by atoms with E-state index in [4.69, 9.17) is 9.47 Å². The molecule has 0 saturated carbocycles. The third kappa shape index (κ3) is 3.78. The molecule has 0 unspecified atom stereocenters. The van der Waals surface area contributed by atoms with Gasteiger partial charge in [-0.25, -0.2) is 13.7 Å². The lowest BCUT2D eigenvalue weighted by atomic mass is 10.0. The molecule has 0 bridgehead atoms. The van der Waals surface area contributed by atoms with Gasteiger partial charge in [-0.3, -0.25) is 9.59 Å². The average Bonchev–Trinajstić information content (AvgIpc) is 3.04. The van der Waals surface area contributed by atoms with Gasteiger partial charge >= 0.3 is 0 Å². The Morgan fingerprint density at radius 1 is 0.812 bits per heavy atom. The Morgan fingerprint density at radius 3 is 2.03 bits per heavy atom. The molecule has 8 heteroatoms. The Balaban J connectivity index is 1.85. The Hall–Kier alpha value is -4.20. The first-order chi connectivity index (χ1) is 15.4. The van der Waals surface area contributed by atoms with Crippen LogP contribution in [0.25, 0.3) is 5.57 Å². The zero-order valence-corrected chi connectivity index (χ0v) is 17.2. The summed E-state index contributed by atoms with van der Waals surface area (Å²) in [7, 11) is 2.96. The number of nitrogens with one attached hydrogen (secondary N) is 1. The fraction of sp³-hybridized carbons (Fsp3) is 0.0833. The van der Waals surface area contributed by atoms with Crippen LogP contribution in [0.2, 0.25) is 0 Å². The maximum absolute atomic E-state index is 14.5. The number of carbonyl (C=O) groups excluding carboxylic acids is 2. The molecule has 0 atom stereocenters. The molecule has 1 aliphatic rings. The highest BCUT2D eigenvalue weighted by molar-refractivity contribution is 6.46. The SMILES string of the molecule is COc1cc(NC2=C(c3ccc(F)cc3)C(=O)N(c3ccccc3F)C2=O)cc(OC)c1. The number of nitrogens with zero attached hydrogens (tertiary/aromatic N) is 1. The molecule has 0 aromatic heterocycles. The van der Waals surface area contributed by atoms with Crippen molar-refractivity contribution in [1.82, 2.24) is 0 Å². The van der Waals surface area contributed by atoms with E-state index in [2.05, 4.69) is 5.32 Å². The van der Waals surface area contributed by atoms with Gasteiger partial charge in [0.2, 0.25) is 0 Å². The summed E-state index contributed by atoms with van der Waals surface area (Å²) in [6.07, 6.45) is 0. The fourth-order valence-electron chi connectivity index (χ4n) is 3.41. The van der Waals surface area contributed by atoms with E-state index in [-0.39, 0.29) is 17.0 Å². The van der Waals surface area contributed by atoms with Crippen LogP contribution in [0.3, 0.4) is 0 Å². The molecule has 6 nitrogen and oxygen atoms in total. The van der Waals surface area contributed by atoms with Crippen molar-refractivity contribution in [2.75, 3.05) is 24.4 Å². The summed E-state index contributed by atoms with van der Waals surface area (Å²) in [5.41, 5.74) is 0.440. The van der Waals surface area contributed by atoms with E-state index < -0.39 is 23.4 Å². The van der Waals surface area contributed by atoms with Crippen molar-refractivity contribution >= 4 is 28.8 Å². The van der Waals surface area contributed by atoms with Crippen LogP contribution in [0.15, 0.2) is 72.4 Å². The van der Waals surface area contributed by atoms with Crippen LogP contribution >= 0.6 is 0 Å². The summed E-state index contributed by atoms with van der Waals surface area (Å²) in [5, 5.41) is 2.94. The van der Waals surface area contributed by atoms with Crippen LogP contribution in [0.1, 0.15) is 5.56 Å². The highest BCUT2D eigenvalue weighted by Gasteiger charge is 2.41. The van der Waals surface area contributed by atoms with E-state index in [0.29, 0.717) is 22.7 Å². The number of halogens is 2. The molecule has 3 aromatic carbocycles. The van der Waals surface area contributed by atoms with Crippen molar-refractivity contribution < 1.29 is 27.8 Å². The van der Waals surface area contributed by atoms with E-state index in [1.54, 1.807) is 18.2 Å². The molecule has 1 heterocycles. The minimum Gasteiger partial charge on any atom is -0.497 e. The predicted molar refractivity (Wildman–Crippen MR) is 115 cm³/mol. The second-order valence-corrected chi connectivity index (χ2v) is 6.88. The molecule has 0 radical (unpaired) electrons. The van der Waals surface area contributed by atoms with Crippen molar-refractivity contribution in [2.45, 2.75) is 0 Å². The van der Waals surface area contributed by atoms with Crippen LogP contribution in [0.5, 0.6) is 11.5 Å². The number of amides is 2. The van der Waals surface area contributed by atoms with Gasteiger partial charge in [0.25, 0.3) is 11.8 Å². The number of benzene rings is 3. The van der Waals surface area contributed by atoms with Gasteiger partial charge in [0.1, 0.15) is 28.8 Å². The minimum absolute atomic E-state index is 0.0139. The average molecular weight is 436 g/mol. The topological polar surface area (TPSA) is 67.9 Å². The monoisotopic (exact) mass is 436 g/mol. The zero-order chi connectivity index (χ0) is 22.8. The Morgan fingerprint density at radius 2 is 1.44 bits per heavy atom. The molecule has 0 spiro atoms. The molecule has 2 amide bonds. The number of imide groups is 1. The molecule has 0 saturated heterocycles. The van der Waals surface area contributed by atoms with E-state index in [0.717, 1.165) is 11.0 Å². The molecule has 4 rings (SSSR count). The van der Waals surface area contributed by atoms with Crippen molar-refractivity contribution in [3.63, 3.8) is 0 Å². The third-order valence-electron chi connectivity index (χ3n) is 4.93. The van der Waals surface area contributed by atoms with Crippen molar-refractivity contribution in [1.29, 1.82) is 0 Å². The molecule has 0 fully saturated rings. The predicted octanol–water partition coefficient (Wildman–Crippen LogP) is 4.38. The van der Waals surface area contributed by atoms with E-state index in [1.807, 2.05) is 0 Å². The summed E-state index contributed by atoms with van der Waals surface area (Å²) in [4.78, 5) is 27.4. The first-order valence-electron chi connectivity index (χ1n) is 9.56. The minimum atomic E-state index is -0.749. The Kier molecular flexibility index (Phi) is 5.59. The van der Waals surface area contributed by atoms with Gasteiger partial charge in [-0.15, -0.1) is 0 Å². The normalized spacial score (nSPS) is 13.6. The molecule has 1 aliphatic heterocycles. The third-order valence-corrected chi connectivity index (χ3v) is 4.93. The largest absolute Gasteiger partial charge is 0.497 e. The van der Waals surface area contributed by atoms with Gasteiger partial charge in [0.15, 0.2) is 0 Å². The molecule has 32 heavy (non-hydrogen) atoms. The number of hydrogen-bond acceptors (Lipinski definition) is 5. The van der Waals surface area contributed by atoms with Gasteiger partial charge in [-0.1, -0.05) is 24.3 Å². The number of rotatable bonds is 6. The van der Waals surface area contributed by atoms with Gasteiger partial charge in [0.05, 0.1) is 25.5 Å². The van der Waals surface area contributed by atoms with Crippen LogP contribution in [0, 0.1) is 11.6 Å². The Bertz CT molecular complexity index is 1220. The lowest BCUT2D eigenvalue weighted by Gasteiger charge is -2.16. The summed E-state index contributed by atoms with van der Waals surface area (Å²) in [5.74, 6) is -1.79. The molecular formula is C24H18F2N2O4. The van der Waals surface area contributed by atoms with Crippen molar-refractivity contribution in [3.8, 4) is 11.5 Å². The second-order valence-electron chi connectivity index (χ2n) is 6.88. The van der Waals surface area contributed by atoms with Crippen molar-refractivity contribution in [2.24, 2.45) is 0 Å². The van der Waals surface area contributed by atoms with E-state index in [9.17, 15) is 18.4 Å². The second kappa shape index (κ2) is 8.50. The van der Waals surface area contributed by atoms with Gasteiger partial charge in [-0.05, 0) is 29.8 Å². The van der Waals surface area contributed by atoms with Crippen LogP contribution < -0.4 is 19.7 Å². The van der Waals surface area contributed by atoms with Crippen LogP contribution in [0.4, 0.5) is 20.2 Å². The number of methoxy groups -OCH3 is 2. The number of anilines is 2. The summed E-state index contributed by atoms with van der Waals surface area (Å²) >= 11 is 0. The van der Waals surface area contributed by atoms with Crippen LogP contribution in [-0.2, 0) is 9.59 Å². The number of hydrogen-bond donors (Lipinski definition) is 1. The lowest BCUT2D eigenvalue weighted by Crippen LogP contribution is -2.33. The summed E-state index contributed by atoms with van der Waals surface area (Å²) < 4.78 is 38.4. The quantitative estimate of drug-likeness (QED) is 0.581. The van der Waals surface area contributed by atoms with Gasteiger partial charge in [0, 0.05) is 23.9 Å². The van der Waals surface area contributed by atoms with Crippen LogP contribution in [-0.4, -0.2) is 26.0 Å². The van der Waals surface area contributed by atoms with Gasteiger partial charge < -0.3 is 14.8 Å². The molecule has 0 aliphatic carbocycles. The lowest BCUT2D eigenvalue weighted by molar-refractivity contribution is -0.120. The smallest absolute Gasteiger partial charge is 0.282 e. The maximum Gasteiger partial charge on any atom is 0.282 e. The van der Waals surface area contributed by atoms with Crippen molar-refractivity contribution in [3.05, 3.63) is 89.6 Å². The number of para-hydroxylation sites is 1. The summed E-state index contributed by atoms with van der Waals surface area (Å²) in [6, 6.07) is 15.5. The highest BCUT2D eigenvalue weighted by Crippen LogP contribution is 2.36. The molecule has 1 N–H and O–H groups in total. The maximum atomic E-state index is 14.5. The van der Waals surface area contributed by atoms with E-state index >= 15 is 0 Å². The first-order valence-corrected chi connectivity index (χ1v) is 9.56. The van der Waals surface area contributed by atoms with E-state index in [1.165, 1.54) is 56.7 Å². The first kappa shape index (κ1) is 21.0. The van der Waals surface area contributed by atoms with Gasteiger partial charge in [-0.2, -0.15) is 0 Å². The zero-order valence-electron chi connectivity index (χ0n) is 17.2. The fourth-order valence-corrected chi connectivity index (χ4v) is 3.41.